The van der Waals surface area contributed by atoms with Crippen molar-refractivity contribution in [1.29, 1.82) is 0 Å². The van der Waals surface area contributed by atoms with E-state index in [9.17, 15) is 13.2 Å². The maximum atomic E-state index is 12.2. The van der Waals surface area contributed by atoms with Gasteiger partial charge in [-0.1, -0.05) is 30.3 Å². The van der Waals surface area contributed by atoms with Gasteiger partial charge in [0.2, 0.25) is 15.9 Å². The summed E-state index contributed by atoms with van der Waals surface area (Å²) in [6.07, 6.45) is 3.65. The molecule has 0 aliphatic heterocycles. The molecule has 0 saturated heterocycles. The highest BCUT2D eigenvalue weighted by Gasteiger charge is 2.18. The second-order valence-electron chi connectivity index (χ2n) is 7.13. The Morgan fingerprint density at radius 3 is 2.34 bits per heavy atom. The van der Waals surface area contributed by atoms with Crippen molar-refractivity contribution in [2.75, 3.05) is 24.2 Å². The Labute approximate surface area is 173 Å². The maximum absolute atomic E-state index is 12.2. The SMILES string of the molecule is COc1ccc(N(CCCC(=O)N[C@@H](C)CCc2ccccc2)S(C)(=O)=O)cc1. The van der Waals surface area contributed by atoms with Crippen molar-refractivity contribution in [3.8, 4) is 5.75 Å². The first-order chi connectivity index (χ1) is 13.8. The van der Waals surface area contributed by atoms with E-state index in [-0.39, 0.29) is 24.9 Å². The molecule has 0 aromatic heterocycles. The topological polar surface area (TPSA) is 75.7 Å². The fourth-order valence-corrected chi connectivity index (χ4v) is 4.03. The molecule has 0 aliphatic carbocycles. The van der Waals surface area contributed by atoms with Gasteiger partial charge in [0, 0.05) is 19.0 Å². The number of carbonyl (C=O) groups is 1. The zero-order valence-electron chi connectivity index (χ0n) is 17.3. The molecule has 1 N–H and O–H groups in total. The van der Waals surface area contributed by atoms with E-state index in [1.165, 1.54) is 16.1 Å². The minimum Gasteiger partial charge on any atom is -0.497 e. The first kappa shape index (κ1) is 22.7. The molecule has 2 rings (SSSR count). The highest BCUT2D eigenvalue weighted by atomic mass is 32.2. The third-order valence-electron chi connectivity index (χ3n) is 4.64. The summed E-state index contributed by atoms with van der Waals surface area (Å²) in [4.78, 5) is 12.2. The minimum atomic E-state index is -3.44. The van der Waals surface area contributed by atoms with Crippen LogP contribution in [0.2, 0.25) is 0 Å². The Hall–Kier alpha value is -2.54. The van der Waals surface area contributed by atoms with Crippen LogP contribution in [0.1, 0.15) is 31.7 Å². The molecule has 6 nitrogen and oxygen atoms in total. The number of sulfonamides is 1. The van der Waals surface area contributed by atoms with E-state index < -0.39 is 10.0 Å². The van der Waals surface area contributed by atoms with E-state index in [4.69, 9.17) is 4.74 Å². The van der Waals surface area contributed by atoms with Crippen molar-refractivity contribution < 1.29 is 17.9 Å². The molecule has 0 fully saturated rings. The van der Waals surface area contributed by atoms with Crippen molar-refractivity contribution in [3.05, 3.63) is 60.2 Å². The van der Waals surface area contributed by atoms with Crippen LogP contribution in [0.4, 0.5) is 5.69 Å². The number of hydrogen-bond acceptors (Lipinski definition) is 4. The molecule has 0 unspecified atom stereocenters. The summed E-state index contributed by atoms with van der Waals surface area (Å²) in [6.45, 7) is 2.23. The number of benzene rings is 2. The highest BCUT2D eigenvalue weighted by Crippen LogP contribution is 2.22. The smallest absolute Gasteiger partial charge is 0.232 e. The number of hydrogen-bond donors (Lipinski definition) is 1. The molecular formula is C22H30N2O4S. The van der Waals surface area contributed by atoms with Crippen LogP contribution in [-0.2, 0) is 21.2 Å². The van der Waals surface area contributed by atoms with Crippen molar-refractivity contribution >= 4 is 21.6 Å². The molecule has 2 aromatic carbocycles. The van der Waals surface area contributed by atoms with Crippen LogP contribution >= 0.6 is 0 Å². The summed E-state index contributed by atoms with van der Waals surface area (Å²) in [6, 6.07) is 17.1. The van der Waals surface area contributed by atoms with Gasteiger partial charge in [-0.15, -0.1) is 0 Å². The monoisotopic (exact) mass is 418 g/mol. The maximum Gasteiger partial charge on any atom is 0.232 e. The second kappa shape index (κ2) is 10.9. The number of methoxy groups -OCH3 is 1. The zero-order valence-corrected chi connectivity index (χ0v) is 18.1. The fraction of sp³-hybridized carbons (Fsp3) is 0.409. The number of anilines is 1. The number of nitrogens with zero attached hydrogens (tertiary/aromatic N) is 1. The summed E-state index contributed by atoms with van der Waals surface area (Å²) < 4.78 is 30.7. The largest absolute Gasteiger partial charge is 0.497 e. The van der Waals surface area contributed by atoms with E-state index in [0.29, 0.717) is 17.9 Å². The molecule has 0 saturated carbocycles. The Balaban J connectivity index is 1.81. The molecule has 0 aliphatic rings. The van der Waals surface area contributed by atoms with Crippen LogP contribution in [0.25, 0.3) is 0 Å². The zero-order chi connectivity index (χ0) is 21.3. The van der Waals surface area contributed by atoms with Gasteiger partial charge in [-0.05, 0) is 56.0 Å². The molecule has 0 bridgehead atoms. The van der Waals surface area contributed by atoms with Crippen molar-refractivity contribution in [1.82, 2.24) is 5.32 Å². The summed E-state index contributed by atoms with van der Waals surface area (Å²) in [7, 11) is -1.88. The summed E-state index contributed by atoms with van der Waals surface area (Å²) in [5.41, 5.74) is 1.81. The summed E-state index contributed by atoms with van der Waals surface area (Å²) >= 11 is 0. The number of rotatable bonds is 11. The van der Waals surface area contributed by atoms with Gasteiger partial charge in [0.25, 0.3) is 0 Å². The Kier molecular flexibility index (Phi) is 8.51. The van der Waals surface area contributed by atoms with Crippen LogP contribution in [0.15, 0.2) is 54.6 Å². The van der Waals surface area contributed by atoms with Crippen molar-refractivity contribution in [2.24, 2.45) is 0 Å². The van der Waals surface area contributed by atoms with Gasteiger partial charge in [0.05, 0.1) is 19.1 Å². The minimum absolute atomic E-state index is 0.0613. The van der Waals surface area contributed by atoms with Gasteiger partial charge in [-0.25, -0.2) is 8.42 Å². The van der Waals surface area contributed by atoms with Crippen molar-refractivity contribution in [2.45, 2.75) is 38.6 Å². The van der Waals surface area contributed by atoms with Gasteiger partial charge in [-0.3, -0.25) is 9.10 Å². The van der Waals surface area contributed by atoms with Gasteiger partial charge in [-0.2, -0.15) is 0 Å². The van der Waals surface area contributed by atoms with Gasteiger partial charge in [0.15, 0.2) is 0 Å². The lowest BCUT2D eigenvalue weighted by Crippen LogP contribution is -2.34. The van der Waals surface area contributed by atoms with Gasteiger partial charge >= 0.3 is 0 Å². The number of nitrogens with one attached hydrogen (secondary N) is 1. The van der Waals surface area contributed by atoms with Crippen LogP contribution < -0.4 is 14.4 Å². The molecule has 0 radical (unpaired) electrons. The van der Waals surface area contributed by atoms with Gasteiger partial charge < -0.3 is 10.1 Å². The third-order valence-corrected chi connectivity index (χ3v) is 5.84. The average molecular weight is 419 g/mol. The van der Waals surface area contributed by atoms with Crippen molar-refractivity contribution in [3.63, 3.8) is 0 Å². The molecule has 158 valence electrons. The molecule has 0 spiro atoms. The molecule has 7 heteroatoms. The highest BCUT2D eigenvalue weighted by molar-refractivity contribution is 7.92. The van der Waals surface area contributed by atoms with E-state index in [1.54, 1.807) is 31.4 Å². The number of carbonyl (C=O) groups excluding carboxylic acids is 1. The lowest BCUT2D eigenvalue weighted by molar-refractivity contribution is -0.121. The molecular weight excluding hydrogens is 388 g/mol. The second-order valence-corrected chi connectivity index (χ2v) is 9.04. The number of ether oxygens (including phenoxy) is 1. The molecule has 1 amide bonds. The third kappa shape index (κ3) is 7.77. The van der Waals surface area contributed by atoms with E-state index in [1.807, 2.05) is 25.1 Å². The average Bonchev–Trinajstić information content (AvgIpc) is 2.70. The molecule has 29 heavy (non-hydrogen) atoms. The van der Waals surface area contributed by atoms with Crippen LogP contribution in [-0.4, -0.2) is 40.3 Å². The Morgan fingerprint density at radius 2 is 1.76 bits per heavy atom. The molecule has 0 heterocycles. The first-order valence-electron chi connectivity index (χ1n) is 9.74. The van der Waals surface area contributed by atoms with E-state index >= 15 is 0 Å². The molecule has 2 aromatic rings. The van der Waals surface area contributed by atoms with E-state index in [2.05, 4.69) is 17.4 Å². The molecule has 1 atom stereocenters. The van der Waals surface area contributed by atoms with Crippen LogP contribution in [0.3, 0.4) is 0 Å². The fourth-order valence-electron chi connectivity index (χ4n) is 3.07. The summed E-state index contributed by atoms with van der Waals surface area (Å²) in [5.74, 6) is 0.597. The summed E-state index contributed by atoms with van der Waals surface area (Å²) in [5, 5.41) is 2.99. The lowest BCUT2D eigenvalue weighted by Gasteiger charge is -2.22. The van der Waals surface area contributed by atoms with Crippen LogP contribution in [0, 0.1) is 0 Å². The van der Waals surface area contributed by atoms with E-state index in [0.717, 1.165) is 12.8 Å². The van der Waals surface area contributed by atoms with Crippen LogP contribution in [0.5, 0.6) is 5.75 Å². The lowest BCUT2D eigenvalue weighted by atomic mass is 10.1. The quantitative estimate of drug-likeness (QED) is 0.607. The predicted molar refractivity (Wildman–Crippen MR) is 117 cm³/mol. The standard InChI is InChI=1S/C22H30N2O4S/c1-18(11-12-19-8-5-4-6-9-19)23-22(25)10-7-17-24(29(3,26)27)20-13-15-21(28-2)16-14-20/h4-6,8-9,13-16,18H,7,10-12,17H2,1-3H3,(H,23,25)/t18-/m0/s1. The van der Waals surface area contributed by atoms with Gasteiger partial charge in [0.1, 0.15) is 5.75 Å². The first-order valence-corrected chi connectivity index (χ1v) is 11.6. The Bertz CT molecular complexity index is 867. The normalized spacial score (nSPS) is 12.2. The Morgan fingerprint density at radius 1 is 1.10 bits per heavy atom. The number of amides is 1. The predicted octanol–water partition coefficient (Wildman–Crippen LogP) is 3.38. The number of aryl methyl sites for hydroxylation is 1.